The number of benzene rings is 1. The van der Waals surface area contributed by atoms with Gasteiger partial charge in [0.15, 0.2) is 11.5 Å². The van der Waals surface area contributed by atoms with Crippen molar-refractivity contribution in [2.45, 2.75) is 12.8 Å². The number of methoxy groups -OCH3 is 2. The maximum Gasteiger partial charge on any atom is 0.377 e. The van der Waals surface area contributed by atoms with Crippen LogP contribution >= 0.6 is 0 Å². The molecule has 104 valence electrons. The van der Waals surface area contributed by atoms with E-state index in [1.54, 1.807) is 0 Å². The lowest BCUT2D eigenvalue weighted by Crippen LogP contribution is -2.20. The molecule has 1 rings (SSSR count). The lowest BCUT2D eigenvalue weighted by atomic mass is 9.98. The number of ether oxygens (including phenoxy) is 2. The number of rotatable bonds is 5. The molecule has 0 saturated heterocycles. The minimum absolute atomic E-state index is 0.0000926. The standard InChI is InChI=1S/C12H12F2O5/c1-12(13,14)7-5-9(19-3)8(18-2)4-6(7)10(15)11(16)17/h4-5H,1-3H3,(H,16,17). The largest absolute Gasteiger partial charge is 0.493 e. The molecule has 0 aliphatic carbocycles. The molecule has 0 aromatic heterocycles. The highest BCUT2D eigenvalue weighted by atomic mass is 19.3. The van der Waals surface area contributed by atoms with Gasteiger partial charge < -0.3 is 14.6 Å². The van der Waals surface area contributed by atoms with Crippen molar-refractivity contribution in [1.82, 2.24) is 0 Å². The van der Waals surface area contributed by atoms with Gasteiger partial charge in [-0.05, 0) is 12.1 Å². The van der Waals surface area contributed by atoms with Gasteiger partial charge in [-0.15, -0.1) is 0 Å². The molecular weight excluding hydrogens is 262 g/mol. The summed E-state index contributed by atoms with van der Waals surface area (Å²) < 4.78 is 36.6. The molecule has 1 aromatic rings. The predicted octanol–water partition coefficient (Wildman–Crippen LogP) is 2.08. The number of carboxylic acids is 1. The molecule has 0 fully saturated rings. The van der Waals surface area contributed by atoms with Crippen molar-refractivity contribution >= 4 is 11.8 Å². The van der Waals surface area contributed by atoms with E-state index in [9.17, 15) is 18.4 Å². The van der Waals surface area contributed by atoms with Gasteiger partial charge in [0.05, 0.1) is 14.2 Å². The van der Waals surface area contributed by atoms with Crippen LogP contribution in [0, 0.1) is 0 Å². The molecule has 0 aliphatic heterocycles. The second-order valence-electron chi connectivity index (χ2n) is 3.78. The summed E-state index contributed by atoms with van der Waals surface area (Å²) in [4.78, 5) is 22.1. The summed E-state index contributed by atoms with van der Waals surface area (Å²) >= 11 is 0. The molecule has 0 radical (unpaired) electrons. The van der Waals surface area contributed by atoms with Gasteiger partial charge in [-0.3, -0.25) is 4.79 Å². The van der Waals surface area contributed by atoms with Crippen molar-refractivity contribution in [1.29, 1.82) is 0 Å². The van der Waals surface area contributed by atoms with E-state index < -0.39 is 28.8 Å². The van der Waals surface area contributed by atoms with Crippen LogP contribution in [0.1, 0.15) is 22.8 Å². The van der Waals surface area contributed by atoms with Gasteiger partial charge in [-0.25, -0.2) is 13.6 Å². The zero-order valence-corrected chi connectivity index (χ0v) is 10.5. The number of carbonyl (C=O) groups excluding carboxylic acids is 1. The lowest BCUT2D eigenvalue weighted by Gasteiger charge is -2.17. The van der Waals surface area contributed by atoms with Crippen molar-refractivity contribution in [2.24, 2.45) is 0 Å². The van der Waals surface area contributed by atoms with Gasteiger partial charge in [0.1, 0.15) is 0 Å². The monoisotopic (exact) mass is 274 g/mol. The summed E-state index contributed by atoms with van der Waals surface area (Å²) in [7, 11) is 2.49. The summed E-state index contributed by atoms with van der Waals surface area (Å²) in [6, 6.07) is 1.83. The fraction of sp³-hybridized carbons (Fsp3) is 0.333. The molecule has 0 aliphatic rings. The fourth-order valence-electron chi connectivity index (χ4n) is 1.55. The highest BCUT2D eigenvalue weighted by Crippen LogP contribution is 2.38. The van der Waals surface area contributed by atoms with Gasteiger partial charge in [0.25, 0.3) is 11.7 Å². The Bertz CT molecular complexity index is 520. The Balaban J connectivity index is 3.58. The van der Waals surface area contributed by atoms with Crippen molar-refractivity contribution in [3.8, 4) is 11.5 Å². The first-order valence-corrected chi connectivity index (χ1v) is 5.14. The first-order valence-electron chi connectivity index (χ1n) is 5.14. The number of hydrogen-bond donors (Lipinski definition) is 1. The zero-order chi connectivity index (χ0) is 14.8. The van der Waals surface area contributed by atoms with Crippen LogP contribution < -0.4 is 9.47 Å². The van der Waals surface area contributed by atoms with Crippen molar-refractivity contribution in [2.75, 3.05) is 14.2 Å². The lowest BCUT2D eigenvalue weighted by molar-refractivity contribution is -0.131. The zero-order valence-electron chi connectivity index (χ0n) is 10.5. The van der Waals surface area contributed by atoms with Crippen molar-refractivity contribution in [3.63, 3.8) is 0 Å². The number of hydrogen-bond acceptors (Lipinski definition) is 4. The smallest absolute Gasteiger partial charge is 0.377 e. The van der Waals surface area contributed by atoms with E-state index in [1.165, 1.54) is 14.2 Å². The van der Waals surface area contributed by atoms with E-state index in [-0.39, 0.29) is 11.5 Å². The summed E-state index contributed by atoms with van der Waals surface area (Å²) in [6.45, 7) is 0.562. The number of alkyl halides is 2. The van der Waals surface area contributed by atoms with Crippen LogP contribution in [0.2, 0.25) is 0 Å². The van der Waals surface area contributed by atoms with Crippen LogP contribution in [0.25, 0.3) is 0 Å². The molecule has 0 amide bonds. The molecular formula is C12H12F2O5. The third kappa shape index (κ3) is 2.98. The summed E-state index contributed by atoms with van der Waals surface area (Å²) in [5, 5.41) is 8.65. The van der Waals surface area contributed by atoms with E-state index in [2.05, 4.69) is 0 Å². The van der Waals surface area contributed by atoms with E-state index in [0.29, 0.717) is 6.92 Å². The second-order valence-corrected chi connectivity index (χ2v) is 3.78. The molecule has 0 atom stereocenters. The Labute approximate surface area is 107 Å². The van der Waals surface area contributed by atoms with Gasteiger partial charge in [0, 0.05) is 18.1 Å². The van der Waals surface area contributed by atoms with Crippen LogP contribution in [-0.4, -0.2) is 31.1 Å². The van der Waals surface area contributed by atoms with E-state index in [0.717, 1.165) is 12.1 Å². The number of carbonyl (C=O) groups is 2. The minimum Gasteiger partial charge on any atom is -0.493 e. The number of halogens is 2. The first-order chi connectivity index (χ1) is 8.72. The van der Waals surface area contributed by atoms with E-state index >= 15 is 0 Å². The Morgan fingerprint density at radius 3 is 2.00 bits per heavy atom. The molecule has 1 N–H and O–H groups in total. The summed E-state index contributed by atoms with van der Waals surface area (Å²) in [5.74, 6) is -6.66. The Morgan fingerprint density at radius 2 is 1.63 bits per heavy atom. The van der Waals surface area contributed by atoms with Crippen LogP contribution in [0.15, 0.2) is 12.1 Å². The highest BCUT2D eigenvalue weighted by Gasteiger charge is 2.33. The van der Waals surface area contributed by atoms with Gasteiger partial charge in [-0.1, -0.05) is 0 Å². The van der Waals surface area contributed by atoms with Gasteiger partial charge in [0.2, 0.25) is 0 Å². The predicted molar refractivity (Wildman–Crippen MR) is 61.1 cm³/mol. The van der Waals surface area contributed by atoms with E-state index in [4.69, 9.17) is 14.6 Å². The second kappa shape index (κ2) is 5.21. The van der Waals surface area contributed by atoms with Crippen molar-refractivity contribution in [3.05, 3.63) is 23.3 Å². The normalized spacial score (nSPS) is 11.0. The SMILES string of the molecule is COc1cc(C(=O)C(=O)O)c(C(C)(F)F)cc1OC. The number of carboxylic acid groups (broad SMARTS) is 1. The summed E-state index contributed by atoms with van der Waals surface area (Å²) in [6.07, 6.45) is 0. The van der Waals surface area contributed by atoms with Gasteiger partial charge >= 0.3 is 5.97 Å². The van der Waals surface area contributed by atoms with Crippen LogP contribution in [-0.2, 0) is 10.7 Å². The molecule has 7 heteroatoms. The average Bonchev–Trinajstić information content (AvgIpc) is 2.34. The van der Waals surface area contributed by atoms with Gasteiger partial charge in [-0.2, -0.15) is 0 Å². The van der Waals surface area contributed by atoms with Crippen molar-refractivity contribution < 1.29 is 33.0 Å². The molecule has 5 nitrogen and oxygen atoms in total. The molecule has 1 aromatic carbocycles. The quantitative estimate of drug-likeness (QED) is 0.657. The number of aliphatic carboxylic acids is 1. The topological polar surface area (TPSA) is 72.8 Å². The molecule has 0 bridgehead atoms. The molecule has 0 saturated carbocycles. The summed E-state index contributed by atoms with van der Waals surface area (Å²) in [5.41, 5.74) is -1.35. The highest BCUT2D eigenvalue weighted by molar-refractivity contribution is 6.40. The Morgan fingerprint density at radius 1 is 1.16 bits per heavy atom. The third-order valence-electron chi connectivity index (χ3n) is 2.44. The number of Topliss-reactive ketones (excluding diaryl/α,β-unsaturated/α-hetero) is 1. The number of ketones is 1. The fourth-order valence-corrected chi connectivity index (χ4v) is 1.55. The molecule has 0 unspecified atom stereocenters. The maximum atomic E-state index is 13.4. The van der Waals surface area contributed by atoms with Crippen LogP contribution in [0.5, 0.6) is 11.5 Å². The maximum absolute atomic E-state index is 13.4. The average molecular weight is 274 g/mol. The van der Waals surface area contributed by atoms with Crippen LogP contribution in [0.4, 0.5) is 8.78 Å². The van der Waals surface area contributed by atoms with Crippen LogP contribution in [0.3, 0.4) is 0 Å². The Hall–Kier alpha value is -2.18. The minimum atomic E-state index is -3.39. The molecule has 0 spiro atoms. The molecule has 19 heavy (non-hydrogen) atoms. The third-order valence-corrected chi connectivity index (χ3v) is 2.44. The Kier molecular flexibility index (Phi) is 4.08. The first kappa shape index (κ1) is 14.9. The molecule has 0 heterocycles. The van der Waals surface area contributed by atoms with E-state index in [1.807, 2.05) is 0 Å².